The van der Waals surface area contributed by atoms with Crippen LogP contribution in [0.5, 0.6) is 0 Å². The summed E-state index contributed by atoms with van der Waals surface area (Å²) in [4.78, 5) is 35.9. The van der Waals surface area contributed by atoms with E-state index in [1.54, 1.807) is 19.9 Å². The number of carbonyl (C=O) groups excluding carboxylic acids is 3. The van der Waals surface area contributed by atoms with E-state index in [2.05, 4.69) is 20.8 Å². The van der Waals surface area contributed by atoms with Gasteiger partial charge < -0.3 is 15.4 Å². The van der Waals surface area contributed by atoms with Crippen molar-refractivity contribution in [3.63, 3.8) is 0 Å². The van der Waals surface area contributed by atoms with Crippen LogP contribution >= 0.6 is 0 Å². The Labute approximate surface area is 151 Å². The molecule has 0 spiro atoms. The summed E-state index contributed by atoms with van der Waals surface area (Å²) in [6, 6.07) is 6.54. The molecule has 1 heterocycles. The minimum Gasteiger partial charge on any atom is -0.466 e. The van der Waals surface area contributed by atoms with Crippen molar-refractivity contribution in [2.45, 2.75) is 33.2 Å². The van der Waals surface area contributed by atoms with Crippen LogP contribution in [0.25, 0.3) is 10.9 Å². The average Bonchev–Trinajstić information content (AvgIpc) is 3.03. The zero-order chi connectivity index (χ0) is 19.1. The van der Waals surface area contributed by atoms with Crippen LogP contribution in [-0.4, -0.2) is 47.2 Å². The van der Waals surface area contributed by atoms with Gasteiger partial charge in [-0.1, -0.05) is 25.1 Å². The Hall–Kier alpha value is -2.90. The number of benzene rings is 1. The summed E-state index contributed by atoms with van der Waals surface area (Å²) < 4.78 is 4.88. The second kappa shape index (κ2) is 8.98. The SMILES string of the molecule is CCOC(=O)C[C@H](C)CNC(=O)[C@@H](C)NC(=O)c1n[nH]c2ccccc12. The van der Waals surface area contributed by atoms with Crippen LogP contribution in [0, 0.1) is 5.92 Å². The highest BCUT2D eigenvalue weighted by atomic mass is 16.5. The number of fused-ring (bicyclic) bond motifs is 1. The van der Waals surface area contributed by atoms with Crippen LogP contribution < -0.4 is 10.6 Å². The van der Waals surface area contributed by atoms with Crippen molar-refractivity contribution in [1.29, 1.82) is 0 Å². The molecule has 8 nitrogen and oxygen atoms in total. The summed E-state index contributed by atoms with van der Waals surface area (Å²) in [6.45, 7) is 5.84. The Morgan fingerprint density at radius 1 is 1.23 bits per heavy atom. The van der Waals surface area contributed by atoms with E-state index in [4.69, 9.17) is 4.74 Å². The summed E-state index contributed by atoms with van der Waals surface area (Å²) in [6.07, 6.45) is 0.230. The number of nitrogens with one attached hydrogen (secondary N) is 3. The fraction of sp³-hybridized carbons (Fsp3) is 0.444. The summed E-state index contributed by atoms with van der Waals surface area (Å²) in [5.74, 6) is -1.10. The van der Waals surface area contributed by atoms with Gasteiger partial charge in [-0.25, -0.2) is 0 Å². The van der Waals surface area contributed by atoms with Crippen molar-refractivity contribution >= 4 is 28.7 Å². The normalized spacial score (nSPS) is 13.0. The topological polar surface area (TPSA) is 113 Å². The van der Waals surface area contributed by atoms with Gasteiger partial charge in [0.15, 0.2) is 5.69 Å². The third-order valence-electron chi connectivity index (χ3n) is 3.87. The number of para-hydroxylation sites is 1. The molecule has 0 radical (unpaired) electrons. The number of ether oxygens (including phenoxy) is 1. The summed E-state index contributed by atoms with van der Waals surface area (Å²) in [5.41, 5.74) is 0.999. The lowest BCUT2D eigenvalue weighted by Crippen LogP contribution is -2.46. The maximum Gasteiger partial charge on any atom is 0.306 e. The van der Waals surface area contributed by atoms with Crippen LogP contribution in [-0.2, 0) is 14.3 Å². The highest BCUT2D eigenvalue weighted by Crippen LogP contribution is 2.14. The number of carbonyl (C=O) groups is 3. The Morgan fingerprint density at radius 2 is 1.96 bits per heavy atom. The molecule has 2 aromatic rings. The number of esters is 1. The number of amides is 2. The van der Waals surface area contributed by atoms with Gasteiger partial charge in [0.05, 0.1) is 12.1 Å². The van der Waals surface area contributed by atoms with Gasteiger partial charge in [0.25, 0.3) is 5.91 Å². The second-order valence-corrected chi connectivity index (χ2v) is 6.17. The Morgan fingerprint density at radius 3 is 2.69 bits per heavy atom. The molecular weight excluding hydrogens is 336 g/mol. The molecule has 2 rings (SSSR count). The lowest BCUT2D eigenvalue weighted by molar-refractivity contribution is -0.144. The van der Waals surface area contributed by atoms with Gasteiger partial charge in [0, 0.05) is 18.4 Å². The van der Waals surface area contributed by atoms with E-state index in [1.807, 2.05) is 25.1 Å². The standard InChI is InChI=1S/C18H24N4O4/c1-4-26-15(23)9-11(2)10-19-17(24)12(3)20-18(25)16-13-7-5-6-8-14(13)21-22-16/h5-8,11-12H,4,9-10H2,1-3H3,(H,19,24)(H,20,25)(H,21,22)/t11-,12+/m0/s1. The third-order valence-corrected chi connectivity index (χ3v) is 3.87. The van der Waals surface area contributed by atoms with Crippen molar-refractivity contribution in [2.24, 2.45) is 5.92 Å². The van der Waals surface area contributed by atoms with Gasteiger partial charge in [0.1, 0.15) is 6.04 Å². The summed E-state index contributed by atoms with van der Waals surface area (Å²) in [5, 5.41) is 12.9. The monoisotopic (exact) mass is 360 g/mol. The zero-order valence-electron chi connectivity index (χ0n) is 15.2. The van der Waals surface area contributed by atoms with E-state index in [0.717, 1.165) is 5.52 Å². The molecule has 0 saturated carbocycles. The van der Waals surface area contributed by atoms with Crippen LogP contribution in [0.2, 0.25) is 0 Å². The number of hydrogen-bond donors (Lipinski definition) is 3. The van der Waals surface area contributed by atoms with E-state index in [1.165, 1.54) is 0 Å². The predicted octanol–water partition coefficient (Wildman–Crippen LogP) is 1.39. The molecule has 26 heavy (non-hydrogen) atoms. The zero-order valence-corrected chi connectivity index (χ0v) is 15.2. The number of H-pyrrole nitrogens is 1. The first-order valence-electron chi connectivity index (χ1n) is 8.59. The van der Waals surface area contributed by atoms with Crippen LogP contribution in [0.15, 0.2) is 24.3 Å². The molecule has 140 valence electrons. The molecule has 0 aliphatic rings. The minimum absolute atomic E-state index is 0.0591. The quantitative estimate of drug-likeness (QED) is 0.616. The van der Waals surface area contributed by atoms with Gasteiger partial charge in [-0.3, -0.25) is 19.5 Å². The summed E-state index contributed by atoms with van der Waals surface area (Å²) >= 11 is 0. The molecule has 0 fully saturated rings. The first kappa shape index (κ1) is 19.4. The average molecular weight is 360 g/mol. The highest BCUT2D eigenvalue weighted by molar-refractivity contribution is 6.05. The van der Waals surface area contributed by atoms with Gasteiger partial charge in [-0.15, -0.1) is 0 Å². The van der Waals surface area contributed by atoms with Crippen LogP contribution in [0.1, 0.15) is 37.7 Å². The maximum absolute atomic E-state index is 12.4. The molecule has 0 aliphatic carbocycles. The molecule has 2 amide bonds. The molecule has 0 unspecified atom stereocenters. The van der Waals surface area contributed by atoms with Crippen LogP contribution in [0.3, 0.4) is 0 Å². The number of nitrogens with zero attached hydrogens (tertiary/aromatic N) is 1. The van der Waals surface area contributed by atoms with Crippen molar-refractivity contribution in [3.8, 4) is 0 Å². The van der Waals surface area contributed by atoms with E-state index < -0.39 is 11.9 Å². The highest BCUT2D eigenvalue weighted by Gasteiger charge is 2.20. The minimum atomic E-state index is -0.729. The number of hydrogen-bond acceptors (Lipinski definition) is 5. The third kappa shape index (κ3) is 5.05. The van der Waals surface area contributed by atoms with Gasteiger partial charge in [-0.05, 0) is 25.8 Å². The van der Waals surface area contributed by atoms with E-state index in [9.17, 15) is 14.4 Å². The fourth-order valence-electron chi connectivity index (χ4n) is 2.47. The molecule has 1 aromatic heterocycles. The smallest absolute Gasteiger partial charge is 0.306 e. The van der Waals surface area contributed by atoms with Crippen molar-refractivity contribution in [3.05, 3.63) is 30.0 Å². The number of aromatic nitrogens is 2. The van der Waals surface area contributed by atoms with Gasteiger partial charge in [0.2, 0.25) is 5.91 Å². The Kier molecular flexibility index (Phi) is 6.71. The van der Waals surface area contributed by atoms with Crippen molar-refractivity contribution < 1.29 is 19.1 Å². The maximum atomic E-state index is 12.4. The Balaban J connectivity index is 1.84. The predicted molar refractivity (Wildman–Crippen MR) is 96.4 cm³/mol. The van der Waals surface area contributed by atoms with Gasteiger partial charge in [-0.2, -0.15) is 5.10 Å². The molecule has 1 aromatic carbocycles. The molecule has 2 atom stereocenters. The molecule has 0 saturated heterocycles. The molecular formula is C18H24N4O4. The lowest BCUT2D eigenvalue weighted by Gasteiger charge is -2.16. The first-order chi connectivity index (χ1) is 12.4. The van der Waals surface area contributed by atoms with Crippen LogP contribution in [0.4, 0.5) is 0 Å². The number of aromatic amines is 1. The molecule has 0 aliphatic heterocycles. The molecule has 0 bridgehead atoms. The molecule has 8 heteroatoms. The summed E-state index contributed by atoms with van der Waals surface area (Å²) in [7, 11) is 0. The van der Waals surface area contributed by atoms with Crippen molar-refractivity contribution in [1.82, 2.24) is 20.8 Å². The number of rotatable bonds is 8. The first-order valence-corrected chi connectivity index (χ1v) is 8.59. The van der Waals surface area contributed by atoms with E-state index >= 15 is 0 Å². The second-order valence-electron chi connectivity index (χ2n) is 6.17. The Bertz CT molecular complexity index is 786. The van der Waals surface area contributed by atoms with E-state index in [-0.39, 0.29) is 29.9 Å². The van der Waals surface area contributed by atoms with E-state index in [0.29, 0.717) is 18.5 Å². The lowest BCUT2D eigenvalue weighted by atomic mass is 10.1. The largest absolute Gasteiger partial charge is 0.466 e. The molecule has 3 N–H and O–H groups in total. The van der Waals surface area contributed by atoms with Gasteiger partial charge >= 0.3 is 5.97 Å². The van der Waals surface area contributed by atoms with Crippen molar-refractivity contribution in [2.75, 3.05) is 13.2 Å². The fourth-order valence-corrected chi connectivity index (χ4v) is 2.47.